The Kier molecular flexibility index (Phi) is 4.88. The normalized spacial score (nSPS) is 19.7. The minimum Gasteiger partial charge on any atom is -0.481 e. The number of hydrogen-bond donors (Lipinski definition) is 2. The van der Waals surface area contributed by atoms with Crippen LogP contribution in [0, 0.1) is 11.8 Å². The maximum atomic E-state index is 12.4. The lowest BCUT2D eigenvalue weighted by atomic mass is 9.85. The second kappa shape index (κ2) is 7.09. The summed E-state index contributed by atoms with van der Waals surface area (Å²) in [5.74, 6) is -1.44. The lowest BCUT2D eigenvalue weighted by Gasteiger charge is -2.31. The molecule has 2 amide bonds. The summed E-state index contributed by atoms with van der Waals surface area (Å²) in [6.07, 6.45) is 2.48. The van der Waals surface area contributed by atoms with Crippen LogP contribution in [-0.2, 0) is 11.3 Å². The van der Waals surface area contributed by atoms with Crippen LogP contribution in [0.25, 0.3) is 10.9 Å². The van der Waals surface area contributed by atoms with Crippen molar-refractivity contribution in [3.8, 4) is 0 Å². The molecule has 25 heavy (non-hydrogen) atoms. The summed E-state index contributed by atoms with van der Waals surface area (Å²) in [5, 5.41) is 13.5. The molecule has 2 N–H and O–H groups in total. The molecule has 0 spiro atoms. The van der Waals surface area contributed by atoms with E-state index in [0.29, 0.717) is 13.1 Å². The fourth-order valence-electron chi connectivity index (χ4n) is 3.58. The van der Waals surface area contributed by atoms with E-state index in [2.05, 4.69) is 10.3 Å². The van der Waals surface area contributed by atoms with Crippen molar-refractivity contribution in [3.63, 3.8) is 0 Å². The van der Waals surface area contributed by atoms with Gasteiger partial charge in [-0.2, -0.15) is 0 Å². The number of carboxylic acids is 1. The zero-order valence-corrected chi connectivity index (χ0v) is 14.5. The molecule has 1 fully saturated rings. The van der Waals surface area contributed by atoms with Crippen molar-refractivity contribution in [1.82, 2.24) is 15.2 Å². The number of hydrogen-bond acceptors (Lipinski definition) is 3. The second-order valence-electron chi connectivity index (χ2n) is 6.62. The number of fused-ring (bicyclic) bond motifs is 1. The molecule has 3 rings (SSSR count). The van der Waals surface area contributed by atoms with Crippen molar-refractivity contribution >= 4 is 22.9 Å². The number of nitrogens with one attached hydrogen (secondary N) is 1. The van der Waals surface area contributed by atoms with Gasteiger partial charge in [-0.15, -0.1) is 0 Å². The Morgan fingerprint density at radius 1 is 1.40 bits per heavy atom. The topological polar surface area (TPSA) is 82.5 Å². The highest BCUT2D eigenvalue weighted by Crippen LogP contribution is 2.28. The first-order valence-electron chi connectivity index (χ1n) is 8.62. The third-order valence-electron chi connectivity index (χ3n) is 5.16. The molecule has 6 nitrogen and oxygen atoms in total. The van der Waals surface area contributed by atoms with E-state index in [9.17, 15) is 14.7 Å². The van der Waals surface area contributed by atoms with Crippen molar-refractivity contribution in [2.24, 2.45) is 11.8 Å². The van der Waals surface area contributed by atoms with E-state index in [1.807, 2.05) is 44.2 Å². The monoisotopic (exact) mass is 341 g/mol. The standard InChI is InChI=1S/C19H23N3O3/c1-3-12(2)17(18(23)24)16-10-21-19(25)22(16)11-13-8-9-20-15-7-5-4-6-14(13)15/h4-9,12,16-17H,3,10-11H2,1-2H3,(H,21,25)(H,23,24)/t12-,16?,17-/m0/s1. The molecule has 2 aromatic rings. The van der Waals surface area contributed by atoms with Gasteiger partial charge < -0.3 is 15.3 Å². The van der Waals surface area contributed by atoms with Crippen LogP contribution in [-0.4, -0.2) is 39.6 Å². The molecule has 0 radical (unpaired) electrons. The molecule has 132 valence electrons. The van der Waals surface area contributed by atoms with Crippen LogP contribution in [0.15, 0.2) is 36.5 Å². The number of rotatable bonds is 6. The summed E-state index contributed by atoms with van der Waals surface area (Å²) < 4.78 is 0. The molecule has 0 saturated carbocycles. The largest absolute Gasteiger partial charge is 0.481 e. The first kappa shape index (κ1) is 17.2. The maximum absolute atomic E-state index is 12.4. The number of carboxylic acid groups (broad SMARTS) is 1. The molecule has 1 aromatic heterocycles. The average molecular weight is 341 g/mol. The number of urea groups is 1. The van der Waals surface area contributed by atoms with E-state index < -0.39 is 11.9 Å². The summed E-state index contributed by atoms with van der Waals surface area (Å²) in [6.45, 7) is 4.65. The van der Waals surface area contributed by atoms with Gasteiger partial charge >= 0.3 is 12.0 Å². The molecule has 6 heteroatoms. The molecule has 1 saturated heterocycles. The van der Waals surface area contributed by atoms with Crippen molar-refractivity contribution in [1.29, 1.82) is 0 Å². The van der Waals surface area contributed by atoms with E-state index in [1.165, 1.54) is 0 Å². The average Bonchev–Trinajstić information content (AvgIpc) is 2.95. The zero-order chi connectivity index (χ0) is 18.0. The lowest BCUT2D eigenvalue weighted by Crippen LogP contribution is -2.44. The molecule has 2 heterocycles. The van der Waals surface area contributed by atoms with Crippen molar-refractivity contribution in [3.05, 3.63) is 42.1 Å². The van der Waals surface area contributed by atoms with Gasteiger partial charge in [0.1, 0.15) is 0 Å². The van der Waals surface area contributed by atoms with Gasteiger partial charge in [0.05, 0.1) is 17.5 Å². The number of pyridine rings is 1. The number of aliphatic carboxylic acids is 1. The van der Waals surface area contributed by atoms with E-state index in [4.69, 9.17) is 0 Å². The molecular formula is C19H23N3O3. The SMILES string of the molecule is CC[C@H](C)[C@H](C(=O)O)C1CNC(=O)N1Cc1ccnc2ccccc12. The maximum Gasteiger partial charge on any atom is 0.318 e. The number of aromatic nitrogens is 1. The van der Waals surface area contributed by atoms with Gasteiger partial charge in [0.25, 0.3) is 0 Å². The Morgan fingerprint density at radius 2 is 2.16 bits per heavy atom. The highest BCUT2D eigenvalue weighted by atomic mass is 16.4. The van der Waals surface area contributed by atoms with Gasteiger partial charge in [-0.05, 0) is 23.6 Å². The summed E-state index contributed by atoms with van der Waals surface area (Å²) in [4.78, 5) is 30.2. The molecule has 0 bridgehead atoms. The van der Waals surface area contributed by atoms with Crippen LogP contribution in [0.5, 0.6) is 0 Å². The Hall–Kier alpha value is -2.63. The van der Waals surface area contributed by atoms with Crippen LogP contribution in [0.3, 0.4) is 0 Å². The van der Waals surface area contributed by atoms with Crippen molar-refractivity contribution < 1.29 is 14.7 Å². The van der Waals surface area contributed by atoms with E-state index >= 15 is 0 Å². The Labute approximate surface area is 146 Å². The third-order valence-corrected chi connectivity index (χ3v) is 5.16. The summed E-state index contributed by atoms with van der Waals surface area (Å²) in [6, 6.07) is 9.10. The summed E-state index contributed by atoms with van der Waals surface area (Å²) in [7, 11) is 0. The molecule has 1 aromatic carbocycles. The van der Waals surface area contributed by atoms with Crippen LogP contribution in [0.4, 0.5) is 4.79 Å². The van der Waals surface area contributed by atoms with E-state index in [1.54, 1.807) is 11.1 Å². The van der Waals surface area contributed by atoms with Crippen LogP contribution in [0.2, 0.25) is 0 Å². The molecular weight excluding hydrogens is 318 g/mol. The number of benzene rings is 1. The van der Waals surface area contributed by atoms with Gasteiger partial charge in [0.2, 0.25) is 0 Å². The minimum absolute atomic E-state index is 0.00751. The molecule has 1 aliphatic rings. The summed E-state index contributed by atoms with van der Waals surface area (Å²) in [5.41, 5.74) is 1.84. The van der Waals surface area contributed by atoms with Crippen LogP contribution >= 0.6 is 0 Å². The quantitative estimate of drug-likeness (QED) is 0.846. The van der Waals surface area contributed by atoms with Gasteiger partial charge in [0.15, 0.2) is 0 Å². The molecule has 3 atom stereocenters. The Morgan fingerprint density at radius 3 is 2.88 bits per heavy atom. The van der Waals surface area contributed by atoms with Crippen molar-refractivity contribution in [2.45, 2.75) is 32.9 Å². The second-order valence-corrected chi connectivity index (χ2v) is 6.62. The molecule has 1 aliphatic heterocycles. The lowest BCUT2D eigenvalue weighted by molar-refractivity contribution is -0.145. The Bertz CT molecular complexity index is 787. The van der Waals surface area contributed by atoms with Gasteiger partial charge in [0, 0.05) is 24.7 Å². The van der Waals surface area contributed by atoms with E-state index in [-0.39, 0.29) is 18.0 Å². The highest BCUT2D eigenvalue weighted by molar-refractivity contribution is 5.83. The number of amides is 2. The third kappa shape index (κ3) is 3.29. The number of carbonyl (C=O) groups excluding carboxylic acids is 1. The predicted molar refractivity (Wildman–Crippen MR) is 95.1 cm³/mol. The fraction of sp³-hybridized carbons (Fsp3) is 0.421. The molecule has 0 aliphatic carbocycles. The van der Waals surface area contributed by atoms with Gasteiger partial charge in [-0.25, -0.2) is 4.79 Å². The number of carbonyl (C=O) groups is 2. The molecule has 1 unspecified atom stereocenters. The number of para-hydroxylation sites is 1. The van der Waals surface area contributed by atoms with Crippen LogP contribution < -0.4 is 5.32 Å². The zero-order valence-electron chi connectivity index (χ0n) is 14.5. The van der Waals surface area contributed by atoms with Gasteiger partial charge in [-0.1, -0.05) is 38.5 Å². The minimum atomic E-state index is -0.847. The first-order valence-corrected chi connectivity index (χ1v) is 8.62. The fourth-order valence-corrected chi connectivity index (χ4v) is 3.58. The predicted octanol–water partition coefficient (Wildman–Crippen LogP) is 2.88. The van der Waals surface area contributed by atoms with E-state index in [0.717, 1.165) is 22.9 Å². The van der Waals surface area contributed by atoms with Crippen molar-refractivity contribution in [2.75, 3.05) is 6.54 Å². The first-order chi connectivity index (χ1) is 12.0. The highest BCUT2D eigenvalue weighted by Gasteiger charge is 2.42. The van der Waals surface area contributed by atoms with Gasteiger partial charge in [-0.3, -0.25) is 9.78 Å². The summed E-state index contributed by atoms with van der Waals surface area (Å²) >= 11 is 0. The smallest absolute Gasteiger partial charge is 0.318 e. The van der Waals surface area contributed by atoms with Crippen LogP contribution in [0.1, 0.15) is 25.8 Å². The Balaban J connectivity index is 1.93. The number of nitrogens with zero attached hydrogens (tertiary/aromatic N) is 2.